The van der Waals surface area contributed by atoms with Crippen LogP contribution in [-0.2, 0) is 6.18 Å². The third-order valence-electron chi connectivity index (χ3n) is 3.02. The summed E-state index contributed by atoms with van der Waals surface area (Å²) in [5.74, 6) is 5.30. The first-order valence-electron chi connectivity index (χ1n) is 6.81. The molecule has 2 rings (SSSR count). The highest BCUT2D eigenvalue weighted by Gasteiger charge is 2.35. The lowest BCUT2D eigenvalue weighted by atomic mass is 10.2. The fraction of sp³-hybridized carbons (Fsp3) is 0.286. The Hall–Kier alpha value is -2.13. The van der Waals surface area contributed by atoms with Crippen LogP contribution in [0.15, 0.2) is 27.8 Å². The lowest BCUT2D eigenvalue weighted by Gasteiger charge is -2.16. The summed E-state index contributed by atoms with van der Waals surface area (Å²) in [6, 6.07) is 2.55. The fourth-order valence-electron chi connectivity index (χ4n) is 2.04. The maximum Gasteiger partial charge on any atom is 0.433 e. The van der Waals surface area contributed by atoms with Crippen molar-refractivity contribution in [1.29, 1.82) is 0 Å². The average molecular weight is 398 g/mol. The van der Waals surface area contributed by atoms with Crippen molar-refractivity contribution in [2.75, 3.05) is 5.84 Å². The molecule has 25 heavy (non-hydrogen) atoms. The molecule has 0 radical (unpaired) electrons. The largest absolute Gasteiger partial charge is 0.488 e. The molecule has 11 heteroatoms. The van der Waals surface area contributed by atoms with Crippen LogP contribution in [0.2, 0.25) is 10.0 Å². The van der Waals surface area contributed by atoms with Gasteiger partial charge in [-0.1, -0.05) is 23.2 Å². The summed E-state index contributed by atoms with van der Waals surface area (Å²) in [5.41, 5.74) is -4.35. The van der Waals surface area contributed by atoms with E-state index in [0.717, 1.165) is 0 Å². The Labute approximate surface area is 149 Å². The Kier molecular flexibility index (Phi) is 5.10. The predicted octanol–water partition coefficient (Wildman–Crippen LogP) is 2.83. The Balaban J connectivity index is 2.71. The van der Waals surface area contributed by atoms with Gasteiger partial charge in [0.1, 0.15) is 0 Å². The first kappa shape index (κ1) is 19.2. The maximum absolute atomic E-state index is 12.8. The van der Waals surface area contributed by atoms with Gasteiger partial charge in [0.25, 0.3) is 5.56 Å². The van der Waals surface area contributed by atoms with E-state index in [0.29, 0.717) is 4.57 Å². The van der Waals surface area contributed by atoms with Crippen LogP contribution in [0, 0.1) is 0 Å². The molecule has 0 saturated carbocycles. The zero-order valence-corrected chi connectivity index (χ0v) is 14.4. The van der Waals surface area contributed by atoms with E-state index in [9.17, 15) is 22.8 Å². The van der Waals surface area contributed by atoms with E-state index in [2.05, 4.69) is 0 Å². The normalized spacial score (nSPS) is 11.8. The molecule has 0 saturated heterocycles. The molecule has 0 spiro atoms. The number of rotatable bonds is 3. The van der Waals surface area contributed by atoms with Crippen LogP contribution in [0.3, 0.4) is 0 Å². The van der Waals surface area contributed by atoms with E-state index < -0.39 is 23.1 Å². The van der Waals surface area contributed by atoms with Gasteiger partial charge >= 0.3 is 11.9 Å². The van der Waals surface area contributed by atoms with Crippen molar-refractivity contribution in [2.45, 2.75) is 26.1 Å². The van der Waals surface area contributed by atoms with E-state index in [-0.39, 0.29) is 38.3 Å². The number of benzene rings is 1. The maximum atomic E-state index is 12.8. The summed E-state index contributed by atoms with van der Waals surface area (Å²) in [6.07, 6.45) is -5.22. The van der Waals surface area contributed by atoms with E-state index in [1.165, 1.54) is 12.1 Å². The standard InChI is InChI=1S/C14H12Cl2F3N3O3/c1-6(2)25-12-8(15)3-7(4-9(12)16)21-11(23)5-10(14(17,18)19)22(20)13(21)24/h3-6H,20H2,1-2H3. The molecular formula is C14H12Cl2F3N3O3. The molecule has 0 amide bonds. The molecule has 0 aliphatic rings. The molecular weight excluding hydrogens is 386 g/mol. The summed E-state index contributed by atoms with van der Waals surface area (Å²) in [5, 5.41) is -0.0445. The van der Waals surface area contributed by atoms with E-state index in [4.69, 9.17) is 33.8 Å². The zero-order valence-electron chi connectivity index (χ0n) is 12.9. The Morgan fingerprint density at radius 2 is 1.64 bits per heavy atom. The van der Waals surface area contributed by atoms with Crippen molar-refractivity contribution in [3.63, 3.8) is 0 Å². The summed E-state index contributed by atoms with van der Waals surface area (Å²) in [4.78, 5) is 24.1. The van der Waals surface area contributed by atoms with Crippen molar-refractivity contribution in [2.24, 2.45) is 0 Å². The first-order valence-corrected chi connectivity index (χ1v) is 7.56. The minimum Gasteiger partial charge on any atom is -0.488 e. The molecule has 1 aromatic heterocycles. The molecule has 2 N–H and O–H groups in total. The monoisotopic (exact) mass is 397 g/mol. The van der Waals surface area contributed by atoms with Gasteiger partial charge in [-0.3, -0.25) is 4.79 Å². The quantitative estimate of drug-likeness (QED) is 0.807. The number of ether oxygens (including phenoxy) is 1. The number of alkyl halides is 3. The fourth-order valence-corrected chi connectivity index (χ4v) is 2.60. The molecule has 6 nitrogen and oxygen atoms in total. The summed E-state index contributed by atoms with van der Waals surface area (Å²) in [7, 11) is 0. The Morgan fingerprint density at radius 1 is 1.12 bits per heavy atom. The van der Waals surface area contributed by atoms with Crippen molar-refractivity contribution in [3.8, 4) is 11.4 Å². The van der Waals surface area contributed by atoms with Gasteiger partial charge in [-0.05, 0) is 26.0 Å². The van der Waals surface area contributed by atoms with Gasteiger partial charge in [-0.15, -0.1) is 0 Å². The number of nitrogens with two attached hydrogens (primary N) is 1. The minimum atomic E-state index is -4.96. The lowest BCUT2D eigenvalue weighted by Crippen LogP contribution is -2.45. The number of nitrogens with zero attached hydrogens (tertiary/aromatic N) is 2. The molecule has 0 fully saturated rings. The summed E-state index contributed by atoms with van der Waals surface area (Å²) < 4.78 is 44.1. The molecule has 0 aliphatic carbocycles. The Bertz CT molecular complexity index is 913. The molecule has 2 aromatic rings. The molecule has 1 aromatic carbocycles. The predicted molar refractivity (Wildman–Crippen MR) is 87.2 cm³/mol. The highest BCUT2D eigenvalue weighted by Crippen LogP contribution is 2.35. The third-order valence-corrected chi connectivity index (χ3v) is 3.58. The molecule has 0 aliphatic heterocycles. The van der Waals surface area contributed by atoms with Crippen LogP contribution in [0.25, 0.3) is 5.69 Å². The zero-order chi connectivity index (χ0) is 19.1. The molecule has 0 bridgehead atoms. The molecule has 1 heterocycles. The Morgan fingerprint density at radius 3 is 2.08 bits per heavy atom. The average Bonchev–Trinajstić information content (AvgIpc) is 2.45. The molecule has 0 unspecified atom stereocenters. The number of hydrogen-bond acceptors (Lipinski definition) is 4. The number of hydrogen-bond donors (Lipinski definition) is 1. The SMILES string of the molecule is CC(C)Oc1c(Cl)cc(-n2c(=O)cc(C(F)(F)F)n(N)c2=O)cc1Cl. The second-order valence-corrected chi connectivity index (χ2v) is 6.07. The van der Waals surface area contributed by atoms with Crippen molar-refractivity contribution >= 4 is 23.2 Å². The number of nitrogen functional groups attached to an aromatic ring is 1. The van der Waals surface area contributed by atoms with E-state index in [1.807, 2.05) is 0 Å². The van der Waals surface area contributed by atoms with Gasteiger partial charge in [0.05, 0.1) is 21.8 Å². The lowest BCUT2D eigenvalue weighted by molar-refractivity contribution is -0.143. The topological polar surface area (TPSA) is 79.2 Å². The van der Waals surface area contributed by atoms with Crippen LogP contribution in [0.5, 0.6) is 5.75 Å². The first-order chi connectivity index (χ1) is 11.4. The van der Waals surface area contributed by atoms with Crippen molar-refractivity contribution in [3.05, 3.63) is 54.8 Å². The summed E-state index contributed by atoms with van der Waals surface area (Å²) in [6.45, 7) is 3.46. The second-order valence-electron chi connectivity index (χ2n) is 5.26. The van der Waals surface area contributed by atoms with Gasteiger partial charge in [0, 0.05) is 6.07 Å². The minimum absolute atomic E-state index is 0.0223. The van der Waals surface area contributed by atoms with Gasteiger partial charge < -0.3 is 10.6 Å². The van der Waals surface area contributed by atoms with Crippen LogP contribution in [0.1, 0.15) is 19.5 Å². The van der Waals surface area contributed by atoms with E-state index >= 15 is 0 Å². The third kappa shape index (κ3) is 3.77. The van der Waals surface area contributed by atoms with Gasteiger partial charge in [-0.25, -0.2) is 14.0 Å². The molecule has 136 valence electrons. The van der Waals surface area contributed by atoms with Crippen LogP contribution in [-0.4, -0.2) is 15.3 Å². The molecule has 0 atom stereocenters. The van der Waals surface area contributed by atoms with Gasteiger partial charge in [0.15, 0.2) is 11.4 Å². The number of aromatic nitrogens is 2. The van der Waals surface area contributed by atoms with Crippen molar-refractivity contribution in [1.82, 2.24) is 9.24 Å². The number of halogens is 5. The van der Waals surface area contributed by atoms with Gasteiger partial charge in [-0.2, -0.15) is 13.2 Å². The highest BCUT2D eigenvalue weighted by atomic mass is 35.5. The van der Waals surface area contributed by atoms with Crippen LogP contribution < -0.4 is 21.8 Å². The summed E-state index contributed by atoms with van der Waals surface area (Å²) >= 11 is 12.1. The van der Waals surface area contributed by atoms with E-state index in [1.54, 1.807) is 13.8 Å². The van der Waals surface area contributed by atoms with Gasteiger partial charge in [0.2, 0.25) is 0 Å². The smallest absolute Gasteiger partial charge is 0.433 e. The second kappa shape index (κ2) is 6.64. The van der Waals surface area contributed by atoms with Crippen LogP contribution >= 0.6 is 23.2 Å². The highest BCUT2D eigenvalue weighted by molar-refractivity contribution is 6.37. The van der Waals surface area contributed by atoms with Crippen LogP contribution in [0.4, 0.5) is 13.2 Å². The van der Waals surface area contributed by atoms with Crippen molar-refractivity contribution < 1.29 is 17.9 Å².